The number of hydrogen-bond acceptors (Lipinski definition) is 6. The van der Waals surface area contributed by atoms with Gasteiger partial charge in [0.2, 0.25) is 0 Å². The number of carbonyl (C=O) groups excluding carboxylic acids is 2. The van der Waals surface area contributed by atoms with Crippen LogP contribution in [0.2, 0.25) is 5.02 Å². The summed E-state index contributed by atoms with van der Waals surface area (Å²) >= 11 is 5.84. The topological polar surface area (TPSA) is 86.8 Å². The summed E-state index contributed by atoms with van der Waals surface area (Å²) in [6, 6.07) is 11.9. The molecule has 1 aromatic carbocycles. The highest BCUT2D eigenvalue weighted by Crippen LogP contribution is 2.22. The Hall–Kier alpha value is -2.51. The van der Waals surface area contributed by atoms with Gasteiger partial charge < -0.3 is 19.5 Å². The number of alkyl carbamates (subject to hydrolysis) is 1. The number of hydrogen-bond donors (Lipinski definition) is 1. The number of pyridine rings is 1. The van der Waals surface area contributed by atoms with Crippen LogP contribution >= 0.6 is 24.0 Å². The summed E-state index contributed by atoms with van der Waals surface area (Å²) in [7, 11) is 1.47. The molecule has 0 fully saturated rings. The van der Waals surface area contributed by atoms with Crippen molar-refractivity contribution in [1.29, 1.82) is 0 Å². The molecule has 0 radical (unpaired) electrons. The molecule has 9 heteroatoms. The molecule has 1 N–H and O–H groups in total. The molecule has 0 atom stereocenters. The highest BCUT2D eigenvalue weighted by Gasteiger charge is 2.32. The molecule has 1 amide bonds. The van der Waals surface area contributed by atoms with E-state index in [-0.39, 0.29) is 25.6 Å². The zero-order valence-electron chi connectivity index (χ0n) is 15.7. The van der Waals surface area contributed by atoms with E-state index in [4.69, 9.17) is 25.8 Å². The number of esters is 1. The molecule has 7 nitrogen and oxygen atoms in total. The van der Waals surface area contributed by atoms with Crippen molar-refractivity contribution in [3.63, 3.8) is 0 Å². The second-order valence-corrected chi connectivity index (χ2v) is 6.53. The van der Waals surface area contributed by atoms with Crippen molar-refractivity contribution in [3.05, 3.63) is 58.9 Å². The maximum absolute atomic E-state index is 12.4. The van der Waals surface area contributed by atoms with Gasteiger partial charge in [-0.1, -0.05) is 17.7 Å². The summed E-state index contributed by atoms with van der Waals surface area (Å²) in [5.41, 5.74) is -0.110. The van der Waals surface area contributed by atoms with Crippen molar-refractivity contribution >= 4 is 36.1 Å². The van der Waals surface area contributed by atoms with Gasteiger partial charge in [0.15, 0.2) is 5.60 Å². The lowest BCUT2D eigenvalue weighted by molar-refractivity contribution is -0.160. The Morgan fingerprint density at radius 1 is 1.04 bits per heavy atom. The molecular weight excluding hydrogens is 407 g/mol. The zero-order chi connectivity index (χ0) is 19.9. The van der Waals surface area contributed by atoms with Crippen LogP contribution in [0.5, 0.6) is 5.75 Å². The highest BCUT2D eigenvalue weighted by molar-refractivity contribution is 6.30. The monoisotopic (exact) mass is 428 g/mol. The van der Waals surface area contributed by atoms with Crippen LogP contribution in [0.4, 0.5) is 4.79 Å². The maximum atomic E-state index is 12.4. The second-order valence-electron chi connectivity index (χ2n) is 6.09. The number of nitrogens with one attached hydrogen (secondary N) is 1. The zero-order valence-corrected chi connectivity index (χ0v) is 17.3. The van der Waals surface area contributed by atoms with Gasteiger partial charge in [-0.2, -0.15) is 0 Å². The summed E-state index contributed by atoms with van der Waals surface area (Å²) < 4.78 is 15.9. The molecule has 0 aliphatic carbocycles. The SMILES string of the molecule is CNC(=O)OCc1cccc(COC(=O)C(C)(C)Oc2ccc(Cl)cc2)n1.Cl. The number of rotatable bonds is 7. The first-order valence-corrected chi connectivity index (χ1v) is 8.59. The third-order valence-corrected chi connectivity index (χ3v) is 3.70. The highest BCUT2D eigenvalue weighted by atomic mass is 35.5. The standard InChI is InChI=1S/C19H21ClN2O5.ClH/c1-19(2,27-16-9-7-13(20)8-10-16)17(23)25-11-14-5-4-6-15(22-14)12-26-18(24)21-3;/h4-10H,11-12H2,1-3H3,(H,21,24);1H. The normalized spacial score (nSPS) is 10.4. The molecule has 152 valence electrons. The number of amides is 1. The van der Waals surface area contributed by atoms with Gasteiger partial charge in [0.25, 0.3) is 0 Å². The molecule has 0 unspecified atom stereocenters. The quantitative estimate of drug-likeness (QED) is 0.672. The van der Waals surface area contributed by atoms with Crippen LogP contribution in [0.1, 0.15) is 25.2 Å². The van der Waals surface area contributed by atoms with E-state index in [1.807, 2.05) is 0 Å². The van der Waals surface area contributed by atoms with Crippen LogP contribution < -0.4 is 10.1 Å². The third-order valence-electron chi connectivity index (χ3n) is 3.45. The van der Waals surface area contributed by atoms with Gasteiger partial charge in [-0.25, -0.2) is 9.59 Å². The fraction of sp³-hybridized carbons (Fsp3) is 0.316. The molecule has 1 aromatic heterocycles. The number of nitrogens with zero attached hydrogens (tertiary/aromatic N) is 1. The third kappa shape index (κ3) is 7.25. The van der Waals surface area contributed by atoms with Crippen LogP contribution in [-0.2, 0) is 27.5 Å². The molecule has 1 heterocycles. The number of aromatic nitrogens is 1. The smallest absolute Gasteiger partial charge is 0.407 e. The van der Waals surface area contributed by atoms with Crippen molar-refractivity contribution < 1.29 is 23.8 Å². The average Bonchev–Trinajstić information content (AvgIpc) is 2.66. The van der Waals surface area contributed by atoms with Crippen LogP contribution in [0.3, 0.4) is 0 Å². The van der Waals surface area contributed by atoms with E-state index in [0.29, 0.717) is 22.2 Å². The van der Waals surface area contributed by atoms with Gasteiger partial charge in [-0.15, -0.1) is 12.4 Å². The molecule has 0 aliphatic heterocycles. The van der Waals surface area contributed by atoms with E-state index in [0.717, 1.165) is 0 Å². The first-order chi connectivity index (χ1) is 12.8. The van der Waals surface area contributed by atoms with Crippen molar-refractivity contribution in [2.75, 3.05) is 7.05 Å². The van der Waals surface area contributed by atoms with Crippen LogP contribution in [0.15, 0.2) is 42.5 Å². The number of ether oxygens (including phenoxy) is 3. The van der Waals surface area contributed by atoms with Crippen molar-refractivity contribution in [2.45, 2.75) is 32.7 Å². The molecule has 2 rings (SSSR count). The average molecular weight is 429 g/mol. The van der Waals surface area contributed by atoms with E-state index >= 15 is 0 Å². The Bertz CT molecular complexity index is 797. The van der Waals surface area contributed by atoms with Crippen LogP contribution in [-0.4, -0.2) is 29.7 Å². The van der Waals surface area contributed by atoms with E-state index in [1.165, 1.54) is 7.05 Å². The second kappa shape index (κ2) is 10.7. The molecule has 0 spiro atoms. The van der Waals surface area contributed by atoms with E-state index in [2.05, 4.69) is 10.3 Å². The molecular formula is C19H22Cl2N2O5. The van der Waals surface area contributed by atoms with Crippen molar-refractivity contribution in [2.24, 2.45) is 0 Å². The van der Waals surface area contributed by atoms with Crippen LogP contribution in [0.25, 0.3) is 0 Å². The number of carbonyl (C=O) groups is 2. The van der Waals surface area contributed by atoms with Gasteiger partial charge in [0, 0.05) is 12.1 Å². The molecule has 2 aromatic rings. The fourth-order valence-electron chi connectivity index (χ4n) is 2.05. The predicted molar refractivity (Wildman–Crippen MR) is 107 cm³/mol. The lowest BCUT2D eigenvalue weighted by atomic mass is 10.1. The van der Waals surface area contributed by atoms with Gasteiger partial charge in [-0.05, 0) is 50.2 Å². The minimum Gasteiger partial charge on any atom is -0.476 e. The van der Waals surface area contributed by atoms with E-state index in [9.17, 15) is 9.59 Å². The maximum Gasteiger partial charge on any atom is 0.407 e. The van der Waals surface area contributed by atoms with E-state index in [1.54, 1.807) is 56.3 Å². The van der Waals surface area contributed by atoms with Gasteiger partial charge in [-0.3, -0.25) is 4.98 Å². The fourth-order valence-corrected chi connectivity index (χ4v) is 2.18. The largest absolute Gasteiger partial charge is 0.476 e. The summed E-state index contributed by atoms with van der Waals surface area (Å²) in [6.45, 7) is 3.22. The molecule has 0 aliphatic rings. The Kier molecular flexibility index (Phi) is 9.02. The van der Waals surface area contributed by atoms with Gasteiger partial charge in [0.05, 0.1) is 11.4 Å². The lowest BCUT2D eigenvalue weighted by Gasteiger charge is -2.24. The summed E-state index contributed by atoms with van der Waals surface area (Å²) in [6.07, 6.45) is -0.547. The van der Waals surface area contributed by atoms with Gasteiger partial charge in [0.1, 0.15) is 19.0 Å². The van der Waals surface area contributed by atoms with Crippen molar-refractivity contribution in [3.8, 4) is 5.75 Å². The molecule has 0 saturated carbocycles. The minimum absolute atomic E-state index is 0. The molecule has 28 heavy (non-hydrogen) atoms. The summed E-state index contributed by atoms with van der Waals surface area (Å²) in [5, 5.41) is 2.93. The summed E-state index contributed by atoms with van der Waals surface area (Å²) in [4.78, 5) is 27.8. The first kappa shape index (κ1) is 23.5. The Morgan fingerprint density at radius 2 is 1.61 bits per heavy atom. The lowest BCUT2D eigenvalue weighted by Crippen LogP contribution is -2.39. The Labute approximate surface area is 174 Å². The Balaban J connectivity index is 0.00000392. The predicted octanol–water partition coefficient (Wildman–Crippen LogP) is 3.91. The molecule has 0 bridgehead atoms. The van der Waals surface area contributed by atoms with Gasteiger partial charge >= 0.3 is 12.1 Å². The molecule has 0 saturated heterocycles. The minimum atomic E-state index is -1.19. The number of benzene rings is 1. The number of halogens is 2. The first-order valence-electron chi connectivity index (χ1n) is 8.21. The van der Waals surface area contributed by atoms with Crippen molar-refractivity contribution in [1.82, 2.24) is 10.3 Å². The van der Waals surface area contributed by atoms with Crippen LogP contribution in [0, 0.1) is 0 Å². The Morgan fingerprint density at radius 3 is 2.18 bits per heavy atom. The van der Waals surface area contributed by atoms with E-state index < -0.39 is 17.7 Å². The summed E-state index contributed by atoms with van der Waals surface area (Å²) in [5.74, 6) is -0.0286.